The van der Waals surface area contributed by atoms with Gasteiger partial charge in [0.2, 0.25) is 5.91 Å². The van der Waals surface area contributed by atoms with E-state index in [1.165, 1.54) is 6.07 Å². The molecule has 8 nitrogen and oxygen atoms in total. The smallest absolute Gasteiger partial charge is 0.376 e. The van der Waals surface area contributed by atoms with Crippen LogP contribution in [0.2, 0.25) is 0 Å². The van der Waals surface area contributed by atoms with E-state index in [2.05, 4.69) is 20.6 Å². The largest absolute Gasteiger partial charge is 0.453 e. The lowest BCUT2D eigenvalue weighted by atomic mass is 9.97. The molecule has 4 rings (SSSR count). The Labute approximate surface area is 159 Å². The predicted octanol–water partition coefficient (Wildman–Crippen LogP) is 1.65. The Morgan fingerprint density at radius 1 is 1.25 bits per heavy atom. The predicted molar refractivity (Wildman–Crippen MR) is 92.7 cm³/mol. The number of halogens is 3. The number of alkyl halides is 3. The van der Waals surface area contributed by atoms with E-state index in [1.54, 1.807) is 6.07 Å². The monoisotopic (exact) mass is 398 g/mol. The minimum Gasteiger partial charge on any atom is -0.376 e. The molecule has 4 heterocycles. The highest BCUT2D eigenvalue weighted by Gasteiger charge is 2.38. The van der Waals surface area contributed by atoms with Crippen molar-refractivity contribution in [1.29, 1.82) is 0 Å². The third kappa shape index (κ3) is 3.89. The van der Waals surface area contributed by atoms with Crippen LogP contribution in [0.1, 0.15) is 31.5 Å². The summed E-state index contributed by atoms with van der Waals surface area (Å²) in [6, 6.07) is 3.06. The van der Waals surface area contributed by atoms with Crippen molar-refractivity contribution in [2.75, 3.05) is 31.1 Å². The first-order valence-electron chi connectivity index (χ1n) is 9.36. The number of hydrogen-bond donors (Lipinski definition) is 1. The van der Waals surface area contributed by atoms with E-state index in [4.69, 9.17) is 4.74 Å². The van der Waals surface area contributed by atoms with E-state index in [0.717, 1.165) is 32.3 Å². The standard InChI is InChI=1S/C17H21F3N6O2/c18-17(19,20)16-23-22-13-5-6-14(24-26(13)16)25-7-1-3-11(10-25)15(27)21-9-12-4-2-8-28-12/h5-6,11-12H,1-4,7-10H2,(H,21,27)/t11-,12+/m0/s1. The summed E-state index contributed by atoms with van der Waals surface area (Å²) in [4.78, 5) is 14.3. The van der Waals surface area contributed by atoms with E-state index in [9.17, 15) is 18.0 Å². The Morgan fingerprint density at radius 2 is 2.11 bits per heavy atom. The van der Waals surface area contributed by atoms with Crippen molar-refractivity contribution in [3.05, 3.63) is 18.0 Å². The van der Waals surface area contributed by atoms with Crippen molar-refractivity contribution in [1.82, 2.24) is 25.1 Å². The molecular formula is C17H21F3N6O2. The number of nitrogens with zero attached hydrogens (tertiary/aromatic N) is 5. The van der Waals surface area contributed by atoms with Gasteiger partial charge in [-0.2, -0.15) is 17.7 Å². The molecule has 2 aliphatic rings. The fourth-order valence-corrected chi connectivity index (χ4v) is 3.69. The molecule has 0 radical (unpaired) electrons. The van der Waals surface area contributed by atoms with Gasteiger partial charge in [0, 0.05) is 26.2 Å². The van der Waals surface area contributed by atoms with Gasteiger partial charge in [0.25, 0.3) is 5.82 Å². The number of fused-ring (bicyclic) bond motifs is 1. The van der Waals surface area contributed by atoms with Crippen LogP contribution in [0.3, 0.4) is 0 Å². The Hall–Kier alpha value is -2.43. The summed E-state index contributed by atoms with van der Waals surface area (Å²) in [6.45, 7) is 2.25. The molecule has 0 saturated carbocycles. The van der Waals surface area contributed by atoms with Gasteiger partial charge in [-0.15, -0.1) is 15.3 Å². The van der Waals surface area contributed by atoms with Gasteiger partial charge in [-0.05, 0) is 37.8 Å². The van der Waals surface area contributed by atoms with Crippen LogP contribution in [0, 0.1) is 5.92 Å². The summed E-state index contributed by atoms with van der Waals surface area (Å²) in [7, 11) is 0. The first-order valence-corrected chi connectivity index (χ1v) is 9.36. The summed E-state index contributed by atoms with van der Waals surface area (Å²) >= 11 is 0. The zero-order chi connectivity index (χ0) is 19.7. The molecule has 0 spiro atoms. The van der Waals surface area contributed by atoms with Gasteiger partial charge in [0.15, 0.2) is 5.65 Å². The SMILES string of the molecule is O=C(NC[C@H]1CCCO1)[C@H]1CCCN(c2ccc3nnc(C(F)(F)F)n3n2)C1. The second-order valence-electron chi connectivity index (χ2n) is 7.15. The minimum atomic E-state index is -4.64. The summed E-state index contributed by atoms with van der Waals surface area (Å²) in [6.07, 6.45) is -1.13. The molecule has 2 aromatic heterocycles. The second-order valence-corrected chi connectivity index (χ2v) is 7.15. The van der Waals surface area contributed by atoms with Crippen LogP contribution in [0.4, 0.5) is 19.0 Å². The Kier molecular flexibility index (Phi) is 5.09. The number of amides is 1. The molecule has 1 amide bonds. The van der Waals surface area contributed by atoms with Gasteiger partial charge in [0.1, 0.15) is 5.82 Å². The molecule has 2 saturated heterocycles. The summed E-state index contributed by atoms with van der Waals surface area (Å²) in [5.41, 5.74) is 0.0268. The van der Waals surface area contributed by atoms with Crippen LogP contribution >= 0.6 is 0 Å². The van der Waals surface area contributed by atoms with Crippen molar-refractivity contribution in [2.45, 2.75) is 38.0 Å². The van der Waals surface area contributed by atoms with Crippen molar-refractivity contribution in [2.24, 2.45) is 5.92 Å². The van der Waals surface area contributed by atoms with Crippen LogP contribution < -0.4 is 10.2 Å². The highest BCUT2D eigenvalue weighted by atomic mass is 19.4. The zero-order valence-corrected chi connectivity index (χ0v) is 15.2. The lowest BCUT2D eigenvalue weighted by Gasteiger charge is -2.32. The fourth-order valence-electron chi connectivity index (χ4n) is 3.69. The zero-order valence-electron chi connectivity index (χ0n) is 15.2. The molecule has 1 N–H and O–H groups in total. The van der Waals surface area contributed by atoms with Gasteiger partial charge in [-0.3, -0.25) is 4.79 Å². The number of aromatic nitrogens is 4. The van der Waals surface area contributed by atoms with E-state index in [1.807, 2.05) is 4.90 Å². The Balaban J connectivity index is 1.45. The van der Waals surface area contributed by atoms with E-state index >= 15 is 0 Å². The quantitative estimate of drug-likeness (QED) is 0.843. The van der Waals surface area contributed by atoms with E-state index in [-0.39, 0.29) is 23.6 Å². The second kappa shape index (κ2) is 7.53. The number of carbonyl (C=O) groups excluding carboxylic acids is 1. The summed E-state index contributed by atoms with van der Waals surface area (Å²) in [5, 5.41) is 13.7. The van der Waals surface area contributed by atoms with E-state index in [0.29, 0.717) is 30.0 Å². The number of piperidine rings is 1. The molecule has 152 valence electrons. The fraction of sp³-hybridized carbons (Fsp3) is 0.647. The summed E-state index contributed by atoms with van der Waals surface area (Å²) in [5.74, 6) is -1.08. The third-order valence-electron chi connectivity index (χ3n) is 5.15. The van der Waals surface area contributed by atoms with Crippen LogP contribution in [-0.2, 0) is 15.7 Å². The maximum absolute atomic E-state index is 13.1. The molecule has 28 heavy (non-hydrogen) atoms. The Morgan fingerprint density at radius 3 is 2.86 bits per heavy atom. The first-order chi connectivity index (χ1) is 13.4. The van der Waals surface area contributed by atoms with Crippen LogP contribution in [0.25, 0.3) is 5.65 Å². The van der Waals surface area contributed by atoms with Gasteiger partial charge < -0.3 is 15.0 Å². The maximum atomic E-state index is 13.1. The number of nitrogens with one attached hydrogen (secondary N) is 1. The van der Waals surface area contributed by atoms with Gasteiger partial charge >= 0.3 is 6.18 Å². The lowest BCUT2D eigenvalue weighted by Crippen LogP contribution is -2.45. The topological polar surface area (TPSA) is 84.6 Å². The van der Waals surface area contributed by atoms with Gasteiger partial charge in [-0.25, -0.2) is 0 Å². The molecule has 0 aliphatic carbocycles. The maximum Gasteiger partial charge on any atom is 0.453 e. The van der Waals surface area contributed by atoms with Crippen LogP contribution in [-0.4, -0.2) is 58.1 Å². The van der Waals surface area contributed by atoms with Gasteiger partial charge in [-0.1, -0.05) is 0 Å². The van der Waals surface area contributed by atoms with Crippen molar-refractivity contribution in [3.8, 4) is 0 Å². The number of hydrogen-bond acceptors (Lipinski definition) is 6. The normalized spacial score (nSPS) is 23.3. The van der Waals surface area contributed by atoms with Crippen molar-refractivity contribution < 1.29 is 22.7 Å². The van der Waals surface area contributed by atoms with Crippen LogP contribution in [0.5, 0.6) is 0 Å². The molecule has 0 aromatic carbocycles. The molecule has 11 heteroatoms. The minimum absolute atomic E-state index is 0.0268. The average molecular weight is 398 g/mol. The first kappa shape index (κ1) is 18.9. The molecular weight excluding hydrogens is 377 g/mol. The molecule has 2 fully saturated rings. The number of anilines is 1. The molecule has 0 bridgehead atoms. The van der Waals surface area contributed by atoms with Crippen molar-refractivity contribution in [3.63, 3.8) is 0 Å². The molecule has 2 atom stereocenters. The van der Waals surface area contributed by atoms with Crippen LogP contribution in [0.15, 0.2) is 12.1 Å². The summed E-state index contributed by atoms with van der Waals surface area (Å²) < 4.78 is 45.4. The molecule has 2 aromatic rings. The third-order valence-corrected chi connectivity index (χ3v) is 5.15. The van der Waals surface area contributed by atoms with Gasteiger partial charge in [0.05, 0.1) is 12.0 Å². The highest BCUT2D eigenvalue weighted by Crippen LogP contribution is 2.28. The number of rotatable bonds is 4. The molecule has 2 aliphatic heterocycles. The Bertz CT molecular complexity index is 849. The number of carbonyl (C=O) groups is 1. The van der Waals surface area contributed by atoms with Crippen molar-refractivity contribution >= 4 is 17.4 Å². The number of ether oxygens (including phenoxy) is 1. The van der Waals surface area contributed by atoms with E-state index < -0.39 is 12.0 Å². The highest BCUT2D eigenvalue weighted by molar-refractivity contribution is 5.79. The lowest BCUT2D eigenvalue weighted by molar-refractivity contribution is -0.146. The molecule has 0 unspecified atom stereocenters. The average Bonchev–Trinajstić information content (AvgIpc) is 3.34.